The van der Waals surface area contributed by atoms with Crippen LogP contribution in [0.1, 0.15) is 27.2 Å². The Labute approximate surface area is 78.4 Å². The van der Waals surface area contributed by atoms with Gasteiger partial charge in [-0.2, -0.15) is 0 Å². The molecule has 0 aromatic carbocycles. The molecule has 5 nitrogen and oxygen atoms in total. The molecule has 0 aromatic heterocycles. The minimum absolute atomic E-state index is 0.0104. The van der Waals surface area contributed by atoms with Crippen LogP contribution >= 0.6 is 0 Å². The number of ether oxygens (including phenoxy) is 1. The van der Waals surface area contributed by atoms with Crippen molar-refractivity contribution in [2.45, 2.75) is 32.8 Å². The fourth-order valence-electron chi connectivity index (χ4n) is 0.653. The van der Waals surface area contributed by atoms with Crippen molar-refractivity contribution in [1.29, 1.82) is 0 Å². The minimum atomic E-state index is -0.569. The van der Waals surface area contributed by atoms with Crippen molar-refractivity contribution in [1.82, 2.24) is 5.01 Å². The summed E-state index contributed by atoms with van der Waals surface area (Å²) in [5, 5.41) is 9.45. The molecule has 3 N–H and O–H groups in total. The number of amides is 1. The molecule has 0 saturated carbocycles. The van der Waals surface area contributed by atoms with E-state index in [9.17, 15) is 4.79 Å². The number of rotatable bonds is 3. The molecule has 0 aliphatic heterocycles. The van der Waals surface area contributed by atoms with Gasteiger partial charge >= 0.3 is 6.09 Å². The van der Waals surface area contributed by atoms with E-state index < -0.39 is 11.7 Å². The molecule has 0 aliphatic rings. The molecule has 0 fully saturated rings. The molecule has 0 aromatic rings. The molecule has 0 atom stereocenters. The first-order valence-electron chi connectivity index (χ1n) is 4.23. The molecule has 0 saturated heterocycles. The van der Waals surface area contributed by atoms with Crippen molar-refractivity contribution >= 4 is 6.09 Å². The summed E-state index contributed by atoms with van der Waals surface area (Å²) < 4.78 is 4.98. The van der Waals surface area contributed by atoms with Gasteiger partial charge in [0.1, 0.15) is 5.60 Å². The molecule has 13 heavy (non-hydrogen) atoms. The normalized spacial score (nSPS) is 11.2. The summed E-state index contributed by atoms with van der Waals surface area (Å²) >= 11 is 0. The number of nitrogens with two attached hydrogens (primary N) is 1. The van der Waals surface area contributed by atoms with Gasteiger partial charge in [0.25, 0.3) is 0 Å². The number of aliphatic hydroxyl groups excluding tert-OH is 1. The Morgan fingerprint density at radius 3 is 2.46 bits per heavy atom. The largest absolute Gasteiger partial charge is 0.443 e. The van der Waals surface area contributed by atoms with Gasteiger partial charge in [0.2, 0.25) is 0 Å². The monoisotopic (exact) mass is 190 g/mol. The number of carbonyl (C=O) groups is 1. The highest BCUT2D eigenvalue weighted by Gasteiger charge is 2.19. The number of nitrogens with zero attached hydrogens (tertiary/aromatic N) is 1. The average Bonchev–Trinajstić information content (AvgIpc) is 1.96. The van der Waals surface area contributed by atoms with Crippen LogP contribution in [0.2, 0.25) is 0 Å². The number of hydrogen-bond donors (Lipinski definition) is 2. The zero-order valence-electron chi connectivity index (χ0n) is 8.41. The van der Waals surface area contributed by atoms with Crippen molar-refractivity contribution in [2.24, 2.45) is 5.84 Å². The van der Waals surface area contributed by atoms with Crippen LogP contribution < -0.4 is 5.84 Å². The van der Waals surface area contributed by atoms with E-state index in [-0.39, 0.29) is 6.61 Å². The maximum atomic E-state index is 11.2. The van der Waals surface area contributed by atoms with Gasteiger partial charge in [-0.1, -0.05) is 0 Å². The number of aliphatic hydroxyl groups is 1. The third-order valence-electron chi connectivity index (χ3n) is 1.19. The number of hydrazine groups is 1. The SMILES string of the molecule is CC(C)(C)OC(=O)N(N)CCCO. The first-order valence-corrected chi connectivity index (χ1v) is 4.23. The molecule has 0 unspecified atom stereocenters. The highest BCUT2D eigenvalue weighted by molar-refractivity contribution is 5.67. The Morgan fingerprint density at radius 1 is 1.54 bits per heavy atom. The summed E-state index contributed by atoms with van der Waals surface area (Å²) in [4.78, 5) is 11.2. The lowest BCUT2D eigenvalue weighted by atomic mass is 10.2. The molecule has 0 bridgehead atoms. The predicted octanol–water partition coefficient (Wildman–Crippen LogP) is 0.480. The molecule has 78 valence electrons. The molecule has 0 radical (unpaired) electrons. The Hall–Kier alpha value is -0.810. The Morgan fingerprint density at radius 2 is 2.08 bits per heavy atom. The number of carbonyl (C=O) groups excluding carboxylic acids is 1. The predicted molar refractivity (Wildman–Crippen MR) is 48.8 cm³/mol. The van der Waals surface area contributed by atoms with Crippen LogP contribution in [0.25, 0.3) is 0 Å². The van der Waals surface area contributed by atoms with E-state index >= 15 is 0 Å². The quantitative estimate of drug-likeness (QED) is 0.385. The molecule has 1 amide bonds. The fraction of sp³-hybridized carbons (Fsp3) is 0.875. The summed E-state index contributed by atoms with van der Waals surface area (Å²) in [5.74, 6) is 5.36. The van der Waals surface area contributed by atoms with E-state index in [0.29, 0.717) is 13.0 Å². The van der Waals surface area contributed by atoms with Crippen molar-refractivity contribution in [2.75, 3.05) is 13.2 Å². The Balaban J connectivity index is 3.83. The summed E-state index contributed by atoms with van der Waals surface area (Å²) in [6.45, 7) is 5.61. The lowest BCUT2D eigenvalue weighted by Gasteiger charge is -2.23. The minimum Gasteiger partial charge on any atom is -0.443 e. The van der Waals surface area contributed by atoms with Gasteiger partial charge in [-0.05, 0) is 27.2 Å². The van der Waals surface area contributed by atoms with Crippen molar-refractivity contribution in [3.05, 3.63) is 0 Å². The molecular formula is C8H18N2O3. The molecule has 0 spiro atoms. The van der Waals surface area contributed by atoms with Gasteiger partial charge in [0, 0.05) is 13.2 Å². The Kier molecular flexibility index (Phi) is 4.72. The van der Waals surface area contributed by atoms with E-state index in [1.54, 1.807) is 20.8 Å². The average molecular weight is 190 g/mol. The summed E-state index contributed by atoms with van der Waals surface area (Å²) in [5.41, 5.74) is -0.534. The summed E-state index contributed by atoms with van der Waals surface area (Å²) in [7, 11) is 0. The van der Waals surface area contributed by atoms with Gasteiger partial charge in [-0.25, -0.2) is 15.6 Å². The Bertz CT molecular complexity index is 165. The zero-order valence-corrected chi connectivity index (χ0v) is 8.41. The highest BCUT2D eigenvalue weighted by Crippen LogP contribution is 2.08. The maximum Gasteiger partial charge on any atom is 0.424 e. The van der Waals surface area contributed by atoms with Crippen LogP contribution in [0.15, 0.2) is 0 Å². The first kappa shape index (κ1) is 12.2. The molecule has 5 heteroatoms. The van der Waals surface area contributed by atoms with Crippen molar-refractivity contribution < 1.29 is 14.6 Å². The second-order valence-corrected chi connectivity index (χ2v) is 3.75. The van der Waals surface area contributed by atoms with E-state index in [1.807, 2.05) is 0 Å². The van der Waals surface area contributed by atoms with Crippen LogP contribution in [0.3, 0.4) is 0 Å². The first-order chi connectivity index (χ1) is 5.87. The van der Waals surface area contributed by atoms with Crippen LogP contribution in [0.5, 0.6) is 0 Å². The molecular weight excluding hydrogens is 172 g/mol. The second-order valence-electron chi connectivity index (χ2n) is 3.75. The topological polar surface area (TPSA) is 75.8 Å². The van der Waals surface area contributed by atoms with Crippen LogP contribution in [-0.4, -0.2) is 35.0 Å². The molecule has 0 rings (SSSR count). The molecule has 0 aliphatic carbocycles. The summed E-state index contributed by atoms with van der Waals surface area (Å²) in [6, 6.07) is 0. The van der Waals surface area contributed by atoms with Crippen molar-refractivity contribution in [3.63, 3.8) is 0 Å². The number of hydrogen-bond acceptors (Lipinski definition) is 4. The smallest absolute Gasteiger partial charge is 0.424 e. The standard InChI is InChI=1S/C8H18N2O3/c1-8(2,3)13-7(12)10(9)5-4-6-11/h11H,4-6,9H2,1-3H3. The highest BCUT2D eigenvalue weighted by atomic mass is 16.6. The maximum absolute atomic E-state index is 11.2. The lowest BCUT2D eigenvalue weighted by molar-refractivity contribution is 0.0238. The van der Waals surface area contributed by atoms with Crippen molar-refractivity contribution in [3.8, 4) is 0 Å². The van der Waals surface area contributed by atoms with Gasteiger partial charge in [0.05, 0.1) is 0 Å². The van der Waals surface area contributed by atoms with Gasteiger partial charge in [-0.15, -0.1) is 0 Å². The van der Waals surface area contributed by atoms with Crippen LogP contribution in [0.4, 0.5) is 4.79 Å². The van der Waals surface area contributed by atoms with Crippen LogP contribution in [-0.2, 0) is 4.74 Å². The van der Waals surface area contributed by atoms with E-state index in [1.165, 1.54) is 0 Å². The van der Waals surface area contributed by atoms with Crippen LogP contribution in [0, 0.1) is 0 Å². The lowest BCUT2D eigenvalue weighted by Crippen LogP contribution is -2.42. The van der Waals surface area contributed by atoms with Gasteiger partial charge in [-0.3, -0.25) is 0 Å². The third kappa shape index (κ3) is 6.36. The summed E-state index contributed by atoms with van der Waals surface area (Å²) in [6.07, 6.45) is -0.114. The molecule has 0 heterocycles. The van der Waals surface area contributed by atoms with Gasteiger partial charge < -0.3 is 9.84 Å². The fourth-order valence-corrected chi connectivity index (χ4v) is 0.653. The van der Waals surface area contributed by atoms with Gasteiger partial charge in [0.15, 0.2) is 0 Å². The third-order valence-corrected chi connectivity index (χ3v) is 1.19. The van der Waals surface area contributed by atoms with E-state index in [2.05, 4.69) is 0 Å². The van der Waals surface area contributed by atoms with E-state index in [4.69, 9.17) is 15.7 Å². The van der Waals surface area contributed by atoms with E-state index in [0.717, 1.165) is 5.01 Å². The second kappa shape index (κ2) is 5.04. The zero-order chi connectivity index (χ0) is 10.5.